The Morgan fingerprint density at radius 1 is 1.44 bits per heavy atom. The lowest BCUT2D eigenvalue weighted by Crippen LogP contribution is -2.42. The number of nitrogens with one attached hydrogen (secondary N) is 1. The van der Waals surface area contributed by atoms with Crippen molar-refractivity contribution in [1.82, 2.24) is 5.32 Å². The fraction of sp³-hybridized carbons (Fsp3) is 1.00. The Morgan fingerprint density at radius 2 is 2.00 bits per heavy atom. The molecule has 0 aromatic rings. The molecule has 0 unspecified atom stereocenters. The minimum absolute atomic E-state index is 0.101. The predicted molar refractivity (Wildman–Crippen MR) is 39.5 cm³/mol. The number of rotatable bonds is 4. The molecule has 0 bridgehead atoms. The molecule has 0 rings (SSSR count). The van der Waals surface area contributed by atoms with Crippen molar-refractivity contribution in [2.24, 2.45) is 0 Å². The maximum atomic E-state index is 8.76. The Labute approximate surface area is 57.3 Å². The fourth-order valence-corrected chi connectivity index (χ4v) is 0.519. The zero-order chi connectivity index (χ0) is 7.33. The average Bonchev–Trinajstić information content (AvgIpc) is 1.84. The molecule has 0 saturated carbocycles. The van der Waals surface area contributed by atoms with Gasteiger partial charge in [-0.3, -0.25) is 0 Å². The standard InChI is InChI=1S/C7H17NO/c1-4-5-8-7(2,3)6-9/h8-9H,4-6H2,1-3H3. The highest BCUT2D eigenvalue weighted by Gasteiger charge is 2.13. The summed E-state index contributed by atoms with van der Waals surface area (Å²) in [6.45, 7) is 7.27. The van der Waals surface area contributed by atoms with Gasteiger partial charge in [-0.1, -0.05) is 6.92 Å². The summed E-state index contributed by atoms with van der Waals surface area (Å²) in [5, 5.41) is 12.0. The maximum Gasteiger partial charge on any atom is 0.0607 e. The smallest absolute Gasteiger partial charge is 0.0607 e. The van der Waals surface area contributed by atoms with E-state index in [4.69, 9.17) is 5.11 Å². The van der Waals surface area contributed by atoms with Crippen molar-refractivity contribution in [3.63, 3.8) is 0 Å². The molecule has 0 radical (unpaired) electrons. The normalized spacial score (nSPS) is 12.0. The van der Waals surface area contributed by atoms with Crippen molar-refractivity contribution >= 4 is 0 Å². The van der Waals surface area contributed by atoms with Crippen molar-refractivity contribution in [3.8, 4) is 0 Å². The summed E-state index contributed by atoms with van der Waals surface area (Å²) in [6, 6.07) is 0. The lowest BCUT2D eigenvalue weighted by molar-refractivity contribution is 0.189. The number of aliphatic hydroxyl groups excluding tert-OH is 1. The van der Waals surface area contributed by atoms with Gasteiger partial charge in [-0.25, -0.2) is 0 Å². The van der Waals surface area contributed by atoms with E-state index in [2.05, 4.69) is 12.2 Å². The molecule has 56 valence electrons. The molecule has 0 amide bonds. The Hall–Kier alpha value is -0.0800. The van der Waals surface area contributed by atoms with Gasteiger partial charge in [0.1, 0.15) is 0 Å². The van der Waals surface area contributed by atoms with Crippen LogP contribution in [0.3, 0.4) is 0 Å². The Kier molecular flexibility index (Phi) is 3.82. The number of hydrogen-bond acceptors (Lipinski definition) is 2. The van der Waals surface area contributed by atoms with Gasteiger partial charge in [-0.2, -0.15) is 0 Å². The highest BCUT2D eigenvalue weighted by atomic mass is 16.3. The zero-order valence-corrected chi connectivity index (χ0v) is 6.57. The second-order valence-corrected chi connectivity index (χ2v) is 2.97. The molecular formula is C7H17NO. The van der Waals surface area contributed by atoms with E-state index in [0.29, 0.717) is 0 Å². The summed E-state index contributed by atoms with van der Waals surface area (Å²) >= 11 is 0. The topological polar surface area (TPSA) is 32.3 Å². The molecule has 0 aromatic heterocycles. The molecule has 2 heteroatoms. The molecule has 0 heterocycles. The Morgan fingerprint density at radius 3 is 2.33 bits per heavy atom. The van der Waals surface area contributed by atoms with Crippen LogP contribution in [0.4, 0.5) is 0 Å². The van der Waals surface area contributed by atoms with Crippen LogP contribution in [0.2, 0.25) is 0 Å². The van der Waals surface area contributed by atoms with Crippen LogP contribution in [0.5, 0.6) is 0 Å². The highest BCUT2D eigenvalue weighted by Crippen LogP contribution is 1.98. The van der Waals surface area contributed by atoms with Crippen molar-refractivity contribution in [1.29, 1.82) is 0 Å². The van der Waals surface area contributed by atoms with Gasteiger partial charge in [0.25, 0.3) is 0 Å². The molecule has 0 spiro atoms. The third kappa shape index (κ3) is 4.43. The summed E-state index contributed by atoms with van der Waals surface area (Å²) < 4.78 is 0. The highest BCUT2D eigenvalue weighted by molar-refractivity contribution is 4.74. The van der Waals surface area contributed by atoms with Gasteiger partial charge in [0.15, 0.2) is 0 Å². The van der Waals surface area contributed by atoms with Gasteiger partial charge in [0.2, 0.25) is 0 Å². The molecule has 2 nitrogen and oxygen atoms in total. The Balaban J connectivity index is 3.33. The first-order valence-corrected chi connectivity index (χ1v) is 3.48. The van der Waals surface area contributed by atoms with Gasteiger partial charge in [0.05, 0.1) is 6.61 Å². The van der Waals surface area contributed by atoms with E-state index in [1.165, 1.54) is 0 Å². The molecule has 0 aliphatic rings. The van der Waals surface area contributed by atoms with Crippen LogP contribution >= 0.6 is 0 Å². The largest absolute Gasteiger partial charge is 0.394 e. The monoisotopic (exact) mass is 131 g/mol. The fourth-order valence-electron chi connectivity index (χ4n) is 0.519. The quantitative estimate of drug-likeness (QED) is 0.590. The first kappa shape index (κ1) is 8.92. The van der Waals surface area contributed by atoms with E-state index in [0.717, 1.165) is 13.0 Å². The minimum atomic E-state index is -0.101. The number of hydrogen-bond donors (Lipinski definition) is 2. The molecule has 0 aliphatic heterocycles. The van der Waals surface area contributed by atoms with E-state index in [-0.39, 0.29) is 12.1 Å². The first-order chi connectivity index (χ1) is 4.12. The summed E-state index contributed by atoms with van der Waals surface area (Å²) in [5.41, 5.74) is -0.101. The Bertz CT molecular complexity index is 71.3. The van der Waals surface area contributed by atoms with E-state index < -0.39 is 0 Å². The van der Waals surface area contributed by atoms with Crippen LogP contribution in [0.25, 0.3) is 0 Å². The van der Waals surface area contributed by atoms with Gasteiger partial charge < -0.3 is 10.4 Å². The van der Waals surface area contributed by atoms with Crippen LogP contribution in [0, 0.1) is 0 Å². The van der Waals surface area contributed by atoms with Crippen LogP contribution in [-0.2, 0) is 0 Å². The maximum absolute atomic E-state index is 8.76. The van der Waals surface area contributed by atoms with Crippen molar-refractivity contribution in [2.45, 2.75) is 32.7 Å². The van der Waals surface area contributed by atoms with Gasteiger partial charge >= 0.3 is 0 Å². The summed E-state index contributed by atoms with van der Waals surface area (Å²) in [4.78, 5) is 0. The lowest BCUT2D eigenvalue weighted by atomic mass is 10.1. The van der Waals surface area contributed by atoms with E-state index in [9.17, 15) is 0 Å². The summed E-state index contributed by atoms with van der Waals surface area (Å²) in [7, 11) is 0. The molecule has 9 heavy (non-hydrogen) atoms. The summed E-state index contributed by atoms with van der Waals surface area (Å²) in [5.74, 6) is 0. The lowest BCUT2D eigenvalue weighted by Gasteiger charge is -2.22. The molecule has 0 fully saturated rings. The third-order valence-electron chi connectivity index (χ3n) is 1.25. The number of aliphatic hydroxyl groups is 1. The van der Waals surface area contributed by atoms with Crippen molar-refractivity contribution in [3.05, 3.63) is 0 Å². The molecular weight excluding hydrogens is 114 g/mol. The van der Waals surface area contributed by atoms with Crippen LogP contribution in [-0.4, -0.2) is 23.8 Å². The molecule has 0 saturated heterocycles. The van der Waals surface area contributed by atoms with Crippen LogP contribution in [0.1, 0.15) is 27.2 Å². The average molecular weight is 131 g/mol. The van der Waals surface area contributed by atoms with Crippen LogP contribution < -0.4 is 5.32 Å². The second-order valence-electron chi connectivity index (χ2n) is 2.97. The van der Waals surface area contributed by atoms with Crippen molar-refractivity contribution in [2.75, 3.05) is 13.2 Å². The van der Waals surface area contributed by atoms with Gasteiger partial charge in [-0.15, -0.1) is 0 Å². The zero-order valence-electron chi connectivity index (χ0n) is 6.57. The SMILES string of the molecule is CCCNC(C)(C)CO. The van der Waals surface area contributed by atoms with E-state index in [1.54, 1.807) is 0 Å². The van der Waals surface area contributed by atoms with E-state index in [1.807, 2.05) is 13.8 Å². The third-order valence-corrected chi connectivity index (χ3v) is 1.25. The van der Waals surface area contributed by atoms with Crippen LogP contribution in [0.15, 0.2) is 0 Å². The minimum Gasteiger partial charge on any atom is -0.394 e. The first-order valence-electron chi connectivity index (χ1n) is 3.48. The molecule has 2 N–H and O–H groups in total. The molecule has 0 aromatic carbocycles. The second kappa shape index (κ2) is 3.85. The van der Waals surface area contributed by atoms with Gasteiger partial charge in [-0.05, 0) is 26.8 Å². The predicted octanol–water partition coefficient (Wildman–Crippen LogP) is 0.757. The molecule has 0 aliphatic carbocycles. The summed E-state index contributed by atoms with van der Waals surface area (Å²) in [6.07, 6.45) is 1.11. The molecule has 0 atom stereocenters. The van der Waals surface area contributed by atoms with Crippen molar-refractivity contribution < 1.29 is 5.11 Å². The van der Waals surface area contributed by atoms with Gasteiger partial charge in [0, 0.05) is 5.54 Å². The van der Waals surface area contributed by atoms with E-state index >= 15 is 0 Å².